The van der Waals surface area contributed by atoms with Gasteiger partial charge in [0.25, 0.3) is 0 Å². The first-order valence-corrected chi connectivity index (χ1v) is 14.6. The van der Waals surface area contributed by atoms with Crippen molar-refractivity contribution in [2.45, 2.75) is 125 Å². The molecular formula is C29H36O12. The second-order valence-electron chi connectivity index (χ2n) is 15.0. The molecule has 0 aromatic rings. The van der Waals surface area contributed by atoms with Crippen LogP contribution in [-0.4, -0.2) is 97.0 Å². The van der Waals surface area contributed by atoms with Crippen molar-refractivity contribution in [1.29, 1.82) is 0 Å². The Morgan fingerprint density at radius 3 is 2.34 bits per heavy atom. The van der Waals surface area contributed by atoms with Crippen LogP contribution in [-0.2, 0) is 42.9 Å². The van der Waals surface area contributed by atoms with Gasteiger partial charge in [-0.05, 0) is 47.0 Å². The molecule has 8 rings (SSSR count). The van der Waals surface area contributed by atoms with Gasteiger partial charge >= 0.3 is 11.9 Å². The van der Waals surface area contributed by atoms with Crippen LogP contribution in [0, 0.1) is 29.1 Å². The zero-order valence-corrected chi connectivity index (χ0v) is 23.7. The molecule has 14 atom stereocenters. The molecule has 224 valence electrons. The number of carbonyl (C=O) groups is 4. The van der Waals surface area contributed by atoms with E-state index in [2.05, 4.69) is 0 Å². The van der Waals surface area contributed by atoms with Gasteiger partial charge in [0.15, 0.2) is 11.4 Å². The summed E-state index contributed by atoms with van der Waals surface area (Å²) in [4.78, 5) is 54.4. The third-order valence-corrected chi connectivity index (χ3v) is 12.4. The van der Waals surface area contributed by atoms with Crippen molar-refractivity contribution in [3.05, 3.63) is 0 Å². The topological polar surface area (TPSA) is 175 Å². The second kappa shape index (κ2) is 7.05. The molecule has 2 bridgehead atoms. The minimum Gasteiger partial charge on any atom is -0.457 e. The van der Waals surface area contributed by atoms with Gasteiger partial charge in [0.05, 0.1) is 29.6 Å². The Hall–Kier alpha value is -1.96. The van der Waals surface area contributed by atoms with Crippen molar-refractivity contribution in [2.24, 2.45) is 29.1 Å². The van der Waals surface area contributed by atoms with Gasteiger partial charge < -0.3 is 39.0 Å². The Kier molecular flexibility index (Phi) is 4.58. The van der Waals surface area contributed by atoms with E-state index in [0.717, 1.165) is 0 Å². The lowest BCUT2D eigenvalue weighted by molar-refractivity contribution is -0.344. The molecule has 0 aromatic heterocycles. The maximum absolute atomic E-state index is 14.8. The smallest absolute Gasteiger partial charge is 0.341 e. The third kappa shape index (κ3) is 2.67. The van der Waals surface area contributed by atoms with Gasteiger partial charge in [-0.1, -0.05) is 6.92 Å². The molecule has 2 aliphatic carbocycles. The zero-order chi connectivity index (χ0) is 29.5. The van der Waals surface area contributed by atoms with Crippen LogP contribution in [0.15, 0.2) is 0 Å². The molecule has 0 amide bonds. The van der Waals surface area contributed by atoms with Crippen LogP contribution >= 0.6 is 0 Å². The van der Waals surface area contributed by atoms with Crippen molar-refractivity contribution in [2.75, 3.05) is 0 Å². The normalized spacial score (nSPS) is 61.3. The highest BCUT2D eigenvalue weighted by molar-refractivity contribution is 6.00. The summed E-state index contributed by atoms with van der Waals surface area (Å²) < 4.78 is 31.3. The minimum absolute atomic E-state index is 0.0300. The first kappa shape index (κ1) is 26.7. The highest BCUT2D eigenvalue weighted by atomic mass is 16.7. The van der Waals surface area contributed by atoms with Crippen LogP contribution in [0.2, 0.25) is 0 Å². The van der Waals surface area contributed by atoms with Gasteiger partial charge in [-0.15, -0.1) is 0 Å². The Labute approximate surface area is 236 Å². The fourth-order valence-corrected chi connectivity index (χ4v) is 10.8. The summed E-state index contributed by atoms with van der Waals surface area (Å²) in [6, 6.07) is 0. The molecule has 12 heteroatoms. The molecule has 0 unspecified atom stereocenters. The third-order valence-electron chi connectivity index (χ3n) is 12.4. The second-order valence-corrected chi connectivity index (χ2v) is 15.0. The molecule has 2 saturated carbocycles. The van der Waals surface area contributed by atoms with Crippen molar-refractivity contribution in [1.82, 2.24) is 0 Å². The zero-order valence-electron chi connectivity index (χ0n) is 23.7. The molecule has 12 nitrogen and oxygen atoms in total. The van der Waals surface area contributed by atoms with E-state index < -0.39 is 111 Å². The number of rotatable bonds is 0. The lowest BCUT2D eigenvalue weighted by Crippen LogP contribution is -2.67. The molecule has 0 radical (unpaired) electrons. The van der Waals surface area contributed by atoms with E-state index in [4.69, 9.17) is 23.7 Å². The van der Waals surface area contributed by atoms with Crippen molar-refractivity contribution >= 4 is 23.5 Å². The standard InChI is InChI=1S/C29H36O12/c1-23(2)12-8-11(30)15-19(32)29-18-16(17-20(40-29)26(5,36)22(34)37-17)25(4,35)21(33)24(18,3)6-7-27(15,41-29)10-28(12)13(38-23)9-14(31)39-28/h11-13,15-18,20,30,35-36H,6-10H2,1-5H3/t11-,12-,13+,15-,16+,17+,18-,20-,24-,25+,26+,27+,28+,29+/m0/s1. The number of fused-ring (bicyclic) bond motifs is 2. The van der Waals surface area contributed by atoms with Crippen LogP contribution in [0.1, 0.15) is 66.7 Å². The maximum atomic E-state index is 14.8. The van der Waals surface area contributed by atoms with E-state index in [9.17, 15) is 34.5 Å². The fourth-order valence-electron chi connectivity index (χ4n) is 10.8. The molecular weight excluding hydrogens is 540 g/mol. The number of ether oxygens (including phenoxy) is 5. The van der Waals surface area contributed by atoms with Gasteiger partial charge in [-0.25, -0.2) is 4.79 Å². The quantitative estimate of drug-likeness (QED) is 0.322. The van der Waals surface area contributed by atoms with Crippen LogP contribution in [0.4, 0.5) is 0 Å². The fraction of sp³-hybridized carbons (Fsp3) is 0.862. The Bertz CT molecular complexity index is 1340. The van der Waals surface area contributed by atoms with Crippen molar-refractivity contribution < 1.29 is 58.2 Å². The molecule has 3 N–H and O–H groups in total. The summed E-state index contributed by atoms with van der Waals surface area (Å²) in [6.07, 6.45) is -3.98. The van der Waals surface area contributed by atoms with E-state index in [-0.39, 0.29) is 32.1 Å². The highest BCUT2D eigenvalue weighted by Gasteiger charge is 2.86. The summed E-state index contributed by atoms with van der Waals surface area (Å²) in [5, 5.41) is 34.7. The summed E-state index contributed by atoms with van der Waals surface area (Å²) >= 11 is 0. The predicted octanol–water partition coefficient (Wildman–Crippen LogP) is -0.288. The maximum Gasteiger partial charge on any atom is 0.341 e. The average molecular weight is 577 g/mol. The Morgan fingerprint density at radius 2 is 1.63 bits per heavy atom. The van der Waals surface area contributed by atoms with E-state index in [0.29, 0.717) is 0 Å². The molecule has 6 aliphatic heterocycles. The van der Waals surface area contributed by atoms with E-state index in [1.807, 2.05) is 13.8 Å². The summed E-state index contributed by atoms with van der Waals surface area (Å²) in [7, 11) is 0. The predicted molar refractivity (Wildman–Crippen MR) is 131 cm³/mol. The number of ketones is 2. The average Bonchev–Trinajstić information content (AvgIpc) is 3.42. The number of Topliss-reactive ketones (excluding diaryl/α,β-unsaturated/α-hetero) is 2. The van der Waals surface area contributed by atoms with E-state index in [1.54, 1.807) is 6.92 Å². The van der Waals surface area contributed by atoms with E-state index >= 15 is 0 Å². The lowest BCUT2D eigenvalue weighted by atomic mass is 9.60. The first-order valence-electron chi connectivity index (χ1n) is 14.6. The van der Waals surface area contributed by atoms with Gasteiger partial charge in [0, 0.05) is 29.6 Å². The molecule has 8 fully saturated rings. The molecule has 41 heavy (non-hydrogen) atoms. The van der Waals surface area contributed by atoms with E-state index in [1.165, 1.54) is 13.8 Å². The van der Waals surface area contributed by atoms with Crippen molar-refractivity contribution in [3.8, 4) is 0 Å². The lowest BCUT2D eigenvalue weighted by Gasteiger charge is -2.51. The summed E-state index contributed by atoms with van der Waals surface area (Å²) in [5.41, 5.74) is -8.87. The number of hydrogen-bond acceptors (Lipinski definition) is 12. The molecule has 0 aromatic carbocycles. The molecule has 3 spiro atoms. The number of carbonyl (C=O) groups excluding carboxylic acids is 4. The Balaban J connectivity index is 1.34. The van der Waals surface area contributed by atoms with Crippen LogP contribution in [0.25, 0.3) is 0 Å². The summed E-state index contributed by atoms with van der Waals surface area (Å²) in [6.45, 7) is 8.00. The molecule has 6 heterocycles. The summed E-state index contributed by atoms with van der Waals surface area (Å²) in [5.74, 6) is -8.44. The number of aliphatic hydroxyl groups is 3. The van der Waals surface area contributed by atoms with Crippen LogP contribution < -0.4 is 0 Å². The Morgan fingerprint density at radius 1 is 0.927 bits per heavy atom. The monoisotopic (exact) mass is 576 g/mol. The van der Waals surface area contributed by atoms with Gasteiger partial charge in [-0.3, -0.25) is 14.4 Å². The largest absolute Gasteiger partial charge is 0.457 e. The van der Waals surface area contributed by atoms with Gasteiger partial charge in [0.1, 0.15) is 29.5 Å². The van der Waals surface area contributed by atoms with Crippen LogP contribution in [0.3, 0.4) is 0 Å². The van der Waals surface area contributed by atoms with Crippen LogP contribution in [0.5, 0.6) is 0 Å². The van der Waals surface area contributed by atoms with Crippen molar-refractivity contribution in [3.63, 3.8) is 0 Å². The number of aliphatic hydroxyl groups excluding tert-OH is 1. The highest BCUT2D eigenvalue weighted by Crippen LogP contribution is 2.72. The number of hydrogen-bond donors (Lipinski definition) is 3. The van der Waals surface area contributed by atoms with Gasteiger partial charge in [-0.2, -0.15) is 0 Å². The van der Waals surface area contributed by atoms with Gasteiger partial charge in [0.2, 0.25) is 11.6 Å². The SMILES string of the molecule is CC1(C)O[C@@H]2CC(=O)O[C@@]23C[C@@]24CC[C@]5(C)C(=O)[C@](C)(O)[C@@H]6[C@H]7OC(=O)[C@](C)(O)[C@H]7O[C@](O2)(C(=O)[C@@H]4[C@@H](O)C[C@@H]13)[C@@H]65. The molecule has 6 saturated heterocycles. The first-order chi connectivity index (χ1) is 18.9. The molecule has 8 aliphatic rings. The minimum atomic E-state index is -2.19. The number of esters is 2.